The summed E-state index contributed by atoms with van der Waals surface area (Å²) in [7, 11) is 1.34. The molecule has 0 aliphatic carbocycles. The lowest BCUT2D eigenvalue weighted by Gasteiger charge is -2.07. The van der Waals surface area contributed by atoms with Gasteiger partial charge in [0, 0.05) is 15.8 Å². The van der Waals surface area contributed by atoms with Crippen LogP contribution in [0.2, 0.25) is 0 Å². The second-order valence-corrected chi connectivity index (χ2v) is 4.38. The van der Waals surface area contributed by atoms with E-state index in [1.807, 2.05) is 11.4 Å². The van der Waals surface area contributed by atoms with E-state index in [0.29, 0.717) is 6.42 Å². The van der Waals surface area contributed by atoms with E-state index in [0.717, 1.165) is 9.35 Å². The predicted octanol–water partition coefficient (Wildman–Crippen LogP) is 1.55. The fourth-order valence-electron chi connectivity index (χ4n) is 0.905. The Balaban J connectivity index is 2.59. The maximum atomic E-state index is 11.0. The highest BCUT2D eigenvalue weighted by molar-refractivity contribution is 9.10. The Morgan fingerprint density at radius 3 is 3.00 bits per heavy atom. The molecular weight excluding hydrogens is 254 g/mol. The first kappa shape index (κ1) is 10.7. The molecule has 1 aromatic heterocycles. The van der Waals surface area contributed by atoms with E-state index in [9.17, 15) is 4.79 Å². The van der Waals surface area contributed by atoms with Gasteiger partial charge in [-0.05, 0) is 27.4 Å². The van der Waals surface area contributed by atoms with Gasteiger partial charge in [0.15, 0.2) is 0 Å². The van der Waals surface area contributed by atoms with Crippen molar-refractivity contribution in [3.05, 3.63) is 20.8 Å². The summed E-state index contributed by atoms with van der Waals surface area (Å²) in [4.78, 5) is 12.1. The molecule has 3 nitrogen and oxygen atoms in total. The van der Waals surface area contributed by atoms with Crippen LogP contribution in [0.25, 0.3) is 0 Å². The highest BCUT2D eigenvalue weighted by Crippen LogP contribution is 2.23. The molecule has 13 heavy (non-hydrogen) atoms. The summed E-state index contributed by atoms with van der Waals surface area (Å²) in [5.41, 5.74) is 5.60. The molecule has 1 rings (SSSR count). The summed E-state index contributed by atoms with van der Waals surface area (Å²) >= 11 is 4.94. The third kappa shape index (κ3) is 2.79. The van der Waals surface area contributed by atoms with Crippen molar-refractivity contribution in [1.29, 1.82) is 0 Å². The van der Waals surface area contributed by atoms with Crippen molar-refractivity contribution < 1.29 is 9.53 Å². The average Bonchev–Trinajstić information content (AvgIpc) is 2.50. The molecule has 1 heterocycles. The zero-order valence-electron chi connectivity index (χ0n) is 7.12. The van der Waals surface area contributed by atoms with Crippen molar-refractivity contribution in [2.45, 2.75) is 12.5 Å². The molecule has 0 aromatic carbocycles. The van der Waals surface area contributed by atoms with Gasteiger partial charge in [-0.15, -0.1) is 11.3 Å². The quantitative estimate of drug-likeness (QED) is 0.843. The molecule has 0 saturated carbocycles. The SMILES string of the molecule is COC(=O)[C@@H](N)Cc1sccc1Br. The van der Waals surface area contributed by atoms with E-state index in [1.165, 1.54) is 7.11 Å². The molecule has 0 amide bonds. The van der Waals surface area contributed by atoms with E-state index in [2.05, 4.69) is 20.7 Å². The number of carbonyl (C=O) groups excluding carboxylic acids is 1. The van der Waals surface area contributed by atoms with Crippen molar-refractivity contribution in [3.63, 3.8) is 0 Å². The molecule has 0 fully saturated rings. The lowest BCUT2D eigenvalue weighted by atomic mass is 10.2. The fraction of sp³-hybridized carbons (Fsp3) is 0.375. The van der Waals surface area contributed by atoms with Crippen molar-refractivity contribution in [3.8, 4) is 0 Å². The van der Waals surface area contributed by atoms with Crippen molar-refractivity contribution >= 4 is 33.2 Å². The van der Waals surface area contributed by atoms with Crippen LogP contribution in [0.15, 0.2) is 15.9 Å². The Kier molecular flexibility index (Phi) is 3.90. The molecule has 0 bridgehead atoms. The van der Waals surface area contributed by atoms with Gasteiger partial charge in [0.2, 0.25) is 0 Å². The maximum Gasteiger partial charge on any atom is 0.323 e. The Bertz CT molecular complexity index is 300. The molecule has 0 unspecified atom stereocenters. The van der Waals surface area contributed by atoms with Crippen molar-refractivity contribution in [2.75, 3.05) is 7.11 Å². The second kappa shape index (κ2) is 4.74. The van der Waals surface area contributed by atoms with Gasteiger partial charge in [0.05, 0.1) is 7.11 Å². The smallest absolute Gasteiger partial charge is 0.323 e. The first-order chi connectivity index (χ1) is 6.15. The van der Waals surface area contributed by atoms with Crippen LogP contribution in [0.3, 0.4) is 0 Å². The monoisotopic (exact) mass is 263 g/mol. The number of thiophene rings is 1. The predicted molar refractivity (Wildman–Crippen MR) is 55.7 cm³/mol. The lowest BCUT2D eigenvalue weighted by molar-refractivity contribution is -0.142. The van der Waals surface area contributed by atoms with Crippen LogP contribution >= 0.6 is 27.3 Å². The standard InChI is InChI=1S/C8H10BrNO2S/c1-12-8(11)6(10)4-7-5(9)2-3-13-7/h2-3,6H,4,10H2,1H3/t6-/m0/s1. The molecule has 0 aliphatic heterocycles. The zero-order valence-corrected chi connectivity index (χ0v) is 9.52. The minimum atomic E-state index is -0.569. The normalized spacial score (nSPS) is 12.5. The molecule has 1 aromatic rings. The largest absolute Gasteiger partial charge is 0.468 e. The first-order valence-electron chi connectivity index (χ1n) is 3.70. The highest BCUT2D eigenvalue weighted by Gasteiger charge is 2.16. The number of nitrogens with two attached hydrogens (primary N) is 1. The number of carbonyl (C=O) groups is 1. The Morgan fingerprint density at radius 2 is 2.54 bits per heavy atom. The highest BCUT2D eigenvalue weighted by atomic mass is 79.9. The number of ether oxygens (including phenoxy) is 1. The second-order valence-electron chi connectivity index (χ2n) is 2.53. The minimum Gasteiger partial charge on any atom is -0.468 e. The van der Waals surface area contributed by atoms with Gasteiger partial charge in [-0.2, -0.15) is 0 Å². The molecule has 5 heteroatoms. The van der Waals surface area contributed by atoms with Crippen LogP contribution < -0.4 is 5.73 Å². The summed E-state index contributed by atoms with van der Waals surface area (Å²) < 4.78 is 5.52. The van der Waals surface area contributed by atoms with Crippen LogP contribution in [-0.2, 0) is 16.0 Å². The van der Waals surface area contributed by atoms with Gasteiger partial charge in [0.1, 0.15) is 6.04 Å². The molecule has 2 N–H and O–H groups in total. The molecule has 0 aliphatic rings. The number of esters is 1. The summed E-state index contributed by atoms with van der Waals surface area (Å²) in [6.45, 7) is 0. The molecule has 0 saturated heterocycles. The number of methoxy groups -OCH3 is 1. The van der Waals surface area contributed by atoms with Gasteiger partial charge in [-0.3, -0.25) is 4.79 Å². The van der Waals surface area contributed by atoms with E-state index >= 15 is 0 Å². The van der Waals surface area contributed by atoms with Crippen LogP contribution in [-0.4, -0.2) is 19.1 Å². The summed E-state index contributed by atoms with van der Waals surface area (Å²) in [5.74, 6) is -0.375. The van der Waals surface area contributed by atoms with Crippen LogP contribution in [0.1, 0.15) is 4.88 Å². The van der Waals surface area contributed by atoms with Crippen molar-refractivity contribution in [1.82, 2.24) is 0 Å². The molecule has 1 atom stereocenters. The molecule has 0 spiro atoms. The summed E-state index contributed by atoms with van der Waals surface area (Å²) in [6.07, 6.45) is 0.519. The number of hydrogen-bond donors (Lipinski definition) is 1. The Morgan fingerprint density at radius 1 is 1.85 bits per heavy atom. The molecule has 0 radical (unpaired) electrons. The third-order valence-corrected chi connectivity index (χ3v) is 3.55. The van der Waals surface area contributed by atoms with E-state index < -0.39 is 6.04 Å². The zero-order chi connectivity index (χ0) is 9.84. The number of hydrogen-bond acceptors (Lipinski definition) is 4. The van der Waals surface area contributed by atoms with E-state index in [1.54, 1.807) is 11.3 Å². The first-order valence-corrected chi connectivity index (χ1v) is 5.37. The van der Waals surface area contributed by atoms with Gasteiger partial charge in [0.25, 0.3) is 0 Å². The maximum absolute atomic E-state index is 11.0. The Hall–Kier alpha value is -0.390. The van der Waals surface area contributed by atoms with Gasteiger partial charge in [-0.25, -0.2) is 0 Å². The van der Waals surface area contributed by atoms with Crippen LogP contribution in [0.5, 0.6) is 0 Å². The Labute approximate surface area is 89.0 Å². The van der Waals surface area contributed by atoms with Crippen molar-refractivity contribution in [2.24, 2.45) is 5.73 Å². The lowest BCUT2D eigenvalue weighted by Crippen LogP contribution is -2.33. The van der Waals surface area contributed by atoms with Crippen LogP contribution in [0, 0.1) is 0 Å². The minimum absolute atomic E-state index is 0.375. The molecule has 72 valence electrons. The number of halogens is 1. The number of rotatable bonds is 3. The van der Waals surface area contributed by atoms with E-state index in [-0.39, 0.29) is 5.97 Å². The average molecular weight is 264 g/mol. The van der Waals surface area contributed by atoms with Gasteiger partial charge >= 0.3 is 5.97 Å². The van der Waals surface area contributed by atoms with E-state index in [4.69, 9.17) is 5.73 Å². The van der Waals surface area contributed by atoms with Gasteiger partial charge in [-0.1, -0.05) is 0 Å². The summed E-state index contributed by atoms with van der Waals surface area (Å²) in [6, 6.07) is 1.37. The summed E-state index contributed by atoms with van der Waals surface area (Å²) in [5, 5.41) is 1.95. The third-order valence-electron chi connectivity index (χ3n) is 1.60. The topological polar surface area (TPSA) is 52.3 Å². The van der Waals surface area contributed by atoms with Gasteiger partial charge < -0.3 is 10.5 Å². The molecular formula is C8H10BrNO2S. The van der Waals surface area contributed by atoms with Crippen LogP contribution in [0.4, 0.5) is 0 Å². The fourth-order valence-corrected chi connectivity index (χ4v) is 2.48.